The molecule has 0 N–H and O–H groups in total. The van der Waals surface area contributed by atoms with Crippen LogP contribution in [0.25, 0.3) is 0 Å². The molecular formula is C15H24N4O. The molecule has 0 unspecified atom stereocenters. The van der Waals surface area contributed by atoms with E-state index < -0.39 is 0 Å². The molecule has 0 fully saturated rings. The van der Waals surface area contributed by atoms with E-state index >= 15 is 0 Å². The van der Waals surface area contributed by atoms with E-state index in [0.29, 0.717) is 12.6 Å². The summed E-state index contributed by atoms with van der Waals surface area (Å²) in [6, 6.07) is 0.385. The highest BCUT2D eigenvalue weighted by molar-refractivity contribution is 5.78. The van der Waals surface area contributed by atoms with Crippen LogP contribution in [-0.2, 0) is 17.6 Å². The number of hydrogen-bond donors (Lipinski definition) is 0. The summed E-state index contributed by atoms with van der Waals surface area (Å²) in [6.45, 7) is 8.23. The van der Waals surface area contributed by atoms with Gasteiger partial charge >= 0.3 is 0 Å². The number of nitrogens with zero attached hydrogens (tertiary/aromatic N) is 4. The van der Waals surface area contributed by atoms with Crippen LogP contribution < -0.4 is 0 Å². The quantitative estimate of drug-likeness (QED) is 0.828. The van der Waals surface area contributed by atoms with E-state index in [1.807, 2.05) is 18.9 Å². The number of carbonyl (C=O) groups is 1. The lowest BCUT2D eigenvalue weighted by molar-refractivity contribution is -0.132. The molecule has 0 saturated carbocycles. The minimum Gasteiger partial charge on any atom is -0.341 e. The lowest BCUT2D eigenvalue weighted by atomic mass is 10.1. The third-order valence-electron chi connectivity index (χ3n) is 4.12. The summed E-state index contributed by atoms with van der Waals surface area (Å²) >= 11 is 0. The standard InChI is InChI=1S/C15H24N4O/c1-11(2)18(4)9-15(20)19-7-5-13-12(3)16-10-17-14(13)6-8-19/h10-11H,5-9H2,1-4H3. The molecule has 0 spiro atoms. The van der Waals surface area contributed by atoms with Gasteiger partial charge in [-0.3, -0.25) is 9.69 Å². The molecular weight excluding hydrogens is 252 g/mol. The molecule has 1 aliphatic rings. The predicted molar refractivity (Wildman–Crippen MR) is 78.5 cm³/mol. The summed E-state index contributed by atoms with van der Waals surface area (Å²) in [5, 5.41) is 0. The van der Waals surface area contributed by atoms with Crippen molar-refractivity contribution in [1.29, 1.82) is 0 Å². The number of hydrogen-bond acceptors (Lipinski definition) is 4. The summed E-state index contributed by atoms with van der Waals surface area (Å²) in [7, 11) is 1.99. The molecule has 1 aliphatic heterocycles. The normalized spacial score (nSPS) is 15.4. The lowest BCUT2D eigenvalue weighted by Gasteiger charge is -2.26. The Morgan fingerprint density at radius 2 is 2.05 bits per heavy atom. The monoisotopic (exact) mass is 276 g/mol. The number of aromatic nitrogens is 2. The van der Waals surface area contributed by atoms with Crippen molar-refractivity contribution in [2.75, 3.05) is 26.7 Å². The zero-order valence-electron chi connectivity index (χ0n) is 12.9. The van der Waals surface area contributed by atoms with Gasteiger partial charge in [0.25, 0.3) is 0 Å². The summed E-state index contributed by atoms with van der Waals surface area (Å²) < 4.78 is 0. The van der Waals surface area contributed by atoms with E-state index in [-0.39, 0.29) is 5.91 Å². The fraction of sp³-hybridized carbons (Fsp3) is 0.667. The number of likely N-dealkylation sites (N-methyl/N-ethyl adjacent to an activating group) is 1. The average molecular weight is 276 g/mol. The van der Waals surface area contributed by atoms with Gasteiger partial charge in [-0.25, -0.2) is 9.97 Å². The third-order valence-corrected chi connectivity index (χ3v) is 4.12. The fourth-order valence-electron chi connectivity index (χ4n) is 2.44. The van der Waals surface area contributed by atoms with Gasteiger partial charge in [0, 0.05) is 36.9 Å². The molecule has 2 rings (SSSR count). The molecule has 0 atom stereocenters. The maximum Gasteiger partial charge on any atom is 0.236 e. The van der Waals surface area contributed by atoms with E-state index in [0.717, 1.165) is 37.3 Å². The third kappa shape index (κ3) is 3.33. The van der Waals surface area contributed by atoms with Crippen molar-refractivity contribution in [3.05, 3.63) is 23.3 Å². The Morgan fingerprint density at radius 3 is 2.75 bits per heavy atom. The Kier molecular flexibility index (Phi) is 4.70. The molecule has 1 aromatic rings. The fourth-order valence-corrected chi connectivity index (χ4v) is 2.44. The van der Waals surface area contributed by atoms with Crippen molar-refractivity contribution in [2.24, 2.45) is 0 Å². The van der Waals surface area contributed by atoms with Crippen molar-refractivity contribution in [3.8, 4) is 0 Å². The van der Waals surface area contributed by atoms with Crippen molar-refractivity contribution < 1.29 is 4.79 Å². The van der Waals surface area contributed by atoms with Gasteiger partial charge in [0.1, 0.15) is 6.33 Å². The van der Waals surface area contributed by atoms with E-state index in [4.69, 9.17) is 0 Å². The zero-order valence-corrected chi connectivity index (χ0v) is 12.9. The first kappa shape index (κ1) is 14.9. The maximum absolute atomic E-state index is 12.3. The van der Waals surface area contributed by atoms with Crippen LogP contribution in [0.3, 0.4) is 0 Å². The van der Waals surface area contributed by atoms with Crippen molar-refractivity contribution in [3.63, 3.8) is 0 Å². The SMILES string of the molecule is Cc1ncnc2c1CCN(C(=O)CN(C)C(C)C)CC2. The number of amides is 1. The van der Waals surface area contributed by atoms with Crippen LogP contribution in [0, 0.1) is 6.92 Å². The first-order valence-electron chi connectivity index (χ1n) is 7.26. The largest absolute Gasteiger partial charge is 0.341 e. The molecule has 20 heavy (non-hydrogen) atoms. The zero-order chi connectivity index (χ0) is 14.7. The summed E-state index contributed by atoms with van der Waals surface area (Å²) in [4.78, 5) is 25.0. The number of fused-ring (bicyclic) bond motifs is 1. The van der Waals surface area contributed by atoms with Crippen LogP contribution in [0.15, 0.2) is 6.33 Å². The second-order valence-electron chi connectivity index (χ2n) is 5.77. The van der Waals surface area contributed by atoms with Crippen LogP contribution >= 0.6 is 0 Å². The van der Waals surface area contributed by atoms with Gasteiger partial charge in [0.15, 0.2) is 0 Å². The van der Waals surface area contributed by atoms with Gasteiger partial charge in [-0.2, -0.15) is 0 Å². The van der Waals surface area contributed by atoms with E-state index in [1.165, 1.54) is 5.56 Å². The Morgan fingerprint density at radius 1 is 1.35 bits per heavy atom. The summed E-state index contributed by atoms with van der Waals surface area (Å²) in [6.07, 6.45) is 3.31. The molecule has 0 radical (unpaired) electrons. The molecule has 1 aromatic heterocycles. The van der Waals surface area contributed by atoms with E-state index in [9.17, 15) is 4.79 Å². The number of rotatable bonds is 3. The van der Waals surface area contributed by atoms with Gasteiger partial charge in [-0.15, -0.1) is 0 Å². The Hall–Kier alpha value is -1.49. The molecule has 0 aromatic carbocycles. The summed E-state index contributed by atoms with van der Waals surface area (Å²) in [5.41, 5.74) is 3.37. The van der Waals surface area contributed by atoms with Crippen LogP contribution in [0.5, 0.6) is 0 Å². The lowest BCUT2D eigenvalue weighted by Crippen LogP contribution is -2.42. The van der Waals surface area contributed by atoms with Crippen molar-refractivity contribution in [2.45, 2.75) is 39.7 Å². The molecule has 5 heteroatoms. The van der Waals surface area contributed by atoms with E-state index in [2.05, 4.69) is 28.7 Å². The highest BCUT2D eigenvalue weighted by atomic mass is 16.2. The predicted octanol–water partition coefficient (Wildman–Crippen LogP) is 1.05. The molecule has 2 heterocycles. The van der Waals surface area contributed by atoms with Crippen LogP contribution in [0.1, 0.15) is 30.8 Å². The molecule has 0 saturated heterocycles. The molecule has 5 nitrogen and oxygen atoms in total. The van der Waals surface area contributed by atoms with E-state index in [1.54, 1.807) is 6.33 Å². The number of carbonyl (C=O) groups excluding carboxylic acids is 1. The molecule has 110 valence electrons. The minimum absolute atomic E-state index is 0.208. The topological polar surface area (TPSA) is 49.3 Å². The smallest absolute Gasteiger partial charge is 0.236 e. The molecule has 0 aliphatic carbocycles. The van der Waals surface area contributed by atoms with Crippen LogP contribution in [0.2, 0.25) is 0 Å². The van der Waals surface area contributed by atoms with Gasteiger partial charge in [0.2, 0.25) is 5.91 Å². The summed E-state index contributed by atoms with van der Waals surface area (Å²) in [5.74, 6) is 0.208. The van der Waals surface area contributed by atoms with Gasteiger partial charge in [-0.1, -0.05) is 0 Å². The first-order chi connectivity index (χ1) is 9.49. The van der Waals surface area contributed by atoms with Crippen LogP contribution in [0.4, 0.5) is 0 Å². The van der Waals surface area contributed by atoms with Crippen LogP contribution in [-0.4, -0.2) is 58.4 Å². The highest BCUT2D eigenvalue weighted by Crippen LogP contribution is 2.16. The van der Waals surface area contributed by atoms with Gasteiger partial charge in [-0.05, 0) is 39.8 Å². The van der Waals surface area contributed by atoms with Crippen molar-refractivity contribution in [1.82, 2.24) is 19.8 Å². The van der Waals surface area contributed by atoms with Crippen molar-refractivity contribution >= 4 is 5.91 Å². The Bertz CT molecular complexity index is 487. The van der Waals surface area contributed by atoms with Gasteiger partial charge in [0.05, 0.1) is 6.54 Å². The Balaban J connectivity index is 2.02. The molecule has 1 amide bonds. The average Bonchev–Trinajstić information content (AvgIpc) is 2.62. The second-order valence-corrected chi connectivity index (χ2v) is 5.77. The second kappa shape index (κ2) is 6.31. The number of aryl methyl sites for hydroxylation is 1. The van der Waals surface area contributed by atoms with Gasteiger partial charge < -0.3 is 4.90 Å². The first-order valence-corrected chi connectivity index (χ1v) is 7.26. The minimum atomic E-state index is 0.208. The Labute approximate surface area is 121 Å². The molecule has 0 bridgehead atoms. The highest BCUT2D eigenvalue weighted by Gasteiger charge is 2.21. The maximum atomic E-state index is 12.3.